The number of carbonyl (C=O) groups is 1. The van der Waals surface area contributed by atoms with Gasteiger partial charge >= 0.3 is 6.18 Å². The van der Waals surface area contributed by atoms with E-state index >= 15 is 0 Å². The average Bonchev–Trinajstić information content (AvgIpc) is 3.49. The lowest BCUT2D eigenvalue weighted by Gasteiger charge is -2.13. The fraction of sp³-hybridized carbons (Fsp3) is 0.273. The van der Waals surface area contributed by atoms with Crippen LogP contribution in [0.25, 0.3) is 16.9 Å². The van der Waals surface area contributed by atoms with E-state index in [1.54, 1.807) is 30.9 Å². The van der Waals surface area contributed by atoms with Crippen molar-refractivity contribution in [1.29, 1.82) is 0 Å². The van der Waals surface area contributed by atoms with Gasteiger partial charge < -0.3 is 19.4 Å². The summed E-state index contributed by atoms with van der Waals surface area (Å²) in [6, 6.07) is 5.53. The van der Waals surface area contributed by atoms with Gasteiger partial charge in [-0.05, 0) is 30.7 Å². The zero-order valence-corrected chi connectivity index (χ0v) is 18.3. The highest BCUT2D eigenvalue weighted by Gasteiger charge is 2.36. The molecule has 3 heterocycles. The Balaban J connectivity index is 1.67. The van der Waals surface area contributed by atoms with Crippen LogP contribution in [0.15, 0.2) is 49.2 Å². The summed E-state index contributed by atoms with van der Waals surface area (Å²) in [7, 11) is 2.88. The number of nitrogens with zero attached hydrogens (tertiary/aromatic N) is 5. The molecule has 0 saturated carbocycles. The van der Waals surface area contributed by atoms with E-state index in [9.17, 15) is 18.0 Å². The van der Waals surface area contributed by atoms with Gasteiger partial charge in [-0.2, -0.15) is 18.3 Å². The Labute approximate surface area is 192 Å². The Bertz CT molecular complexity index is 1300. The number of halogens is 3. The number of nitrogens with one attached hydrogen (secondary N) is 1. The van der Waals surface area contributed by atoms with Crippen LogP contribution in [0.3, 0.4) is 0 Å². The van der Waals surface area contributed by atoms with Gasteiger partial charge in [0.15, 0.2) is 22.8 Å². The van der Waals surface area contributed by atoms with Gasteiger partial charge in [0.25, 0.3) is 5.91 Å². The van der Waals surface area contributed by atoms with Crippen molar-refractivity contribution >= 4 is 11.6 Å². The summed E-state index contributed by atoms with van der Waals surface area (Å²) in [5, 5.41) is 6.49. The third-order valence-electron chi connectivity index (χ3n) is 5.12. The van der Waals surface area contributed by atoms with Crippen molar-refractivity contribution in [2.45, 2.75) is 19.1 Å². The molecule has 34 heavy (non-hydrogen) atoms. The van der Waals surface area contributed by atoms with Crippen molar-refractivity contribution in [3.05, 3.63) is 60.4 Å². The SMILES string of the molecule is COc1ccc(-c2cc(C(F)(F)F)n3ncc(C(=O)NCCCn4ccnc4)c3n2)cc1OC. The topological polar surface area (TPSA) is 95.6 Å². The number of benzene rings is 1. The molecule has 0 unspecified atom stereocenters. The van der Waals surface area contributed by atoms with Crippen molar-refractivity contribution in [3.63, 3.8) is 0 Å². The van der Waals surface area contributed by atoms with Crippen molar-refractivity contribution < 1.29 is 27.4 Å². The Kier molecular flexibility index (Phi) is 6.39. The molecule has 178 valence electrons. The molecule has 0 saturated heterocycles. The van der Waals surface area contributed by atoms with E-state index in [2.05, 4.69) is 20.4 Å². The maximum atomic E-state index is 13.8. The zero-order chi connectivity index (χ0) is 24.3. The predicted octanol–water partition coefficient (Wildman–Crippen LogP) is 3.45. The largest absolute Gasteiger partial charge is 0.493 e. The molecule has 0 fully saturated rings. The zero-order valence-electron chi connectivity index (χ0n) is 18.3. The minimum absolute atomic E-state index is 0.00966. The molecule has 0 aliphatic heterocycles. The van der Waals surface area contributed by atoms with E-state index in [1.165, 1.54) is 20.3 Å². The van der Waals surface area contributed by atoms with Crippen molar-refractivity contribution in [2.75, 3.05) is 20.8 Å². The van der Waals surface area contributed by atoms with Crippen LogP contribution in [0.4, 0.5) is 13.2 Å². The molecular weight excluding hydrogens is 453 g/mol. The Morgan fingerprint density at radius 1 is 1.15 bits per heavy atom. The highest BCUT2D eigenvalue weighted by molar-refractivity contribution is 5.99. The first-order valence-corrected chi connectivity index (χ1v) is 10.2. The molecular formula is C22H21F3N6O3. The molecule has 12 heteroatoms. The molecule has 3 aromatic heterocycles. The maximum Gasteiger partial charge on any atom is 0.433 e. The van der Waals surface area contributed by atoms with Gasteiger partial charge in [0.1, 0.15) is 5.56 Å². The number of fused-ring (bicyclic) bond motifs is 1. The van der Waals surface area contributed by atoms with Crippen molar-refractivity contribution in [1.82, 2.24) is 29.5 Å². The van der Waals surface area contributed by atoms with E-state index in [4.69, 9.17) is 9.47 Å². The summed E-state index contributed by atoms with van der Waals surface area (Å²) in [5.74, 6) is 0.189. The number of hydrogen-bond donors (Lipinski definition) is 1. The number of aryl methyl sites for hydroxylation is 1. The van der Waals surface area contributed by atoms with E-state index in [0.717, 1.165) is 12.3 Å². The molecule has 4 aromatic rings. The molecule has 0 atom stereocenters. The molecule has 0 bridgehead atoms. The van der Waals surface area contributed by atoms with Crippen LogP contribution in [0.2, 0.25) is 0 Å². The average molecular weight is 474 g/mol. The minimum Gasteiger partial charge on any atom is -0.493 e. The minimum atomic E-state index is -4.73. The number of aromatic nitrogens is 5. The first kappa shape index (κ1) is 23.1. The fourth-order valence-corrected chi connectivity index (χ4v) is 3.45. The summed E-state index contributed by atoms with van der Waals surface area (Å²) >= 11 is 0. The van der Waals surface area contributed by atoms with Crippen LogP contribution in [0, 0.1) is 0 Å². The van der Waals surface area contributed by atoms with Crippen LogP contribution < -0.4 is 14.8 Å². The molecule has 0 radical (unpaired) electrons. The molecule has 0 aliphatic carbocycles. The van der Waals surface area contributed by atoms with Gasteiger partial charge in [0.05, 0.1) is 32.4 Å². The van der Waals surface area contributed by atoms with Crippen LogP contribution in [-0.4, -0.2) is 50.8 Å². The molecule has 1 N–H and O–H groups in total. The molecule has 9 nitrogen and oxygen atoms in total. The molecule has 1 amide bonds. The maximum absolute atomic E-state index is 13.8. The number of rotatable bonds is 8. The Morgan fingerprint density at radius 3 is 2.62 bits per heavy atom. The van der Waals surface area contributed by atoms with Crippen molar-refractivity contribution in [3.8, 4) is 22.8 Å². The van der Waals surface area contributed by atoms with E-state index < -0.39 is 17.8 Å². The molecule has 0 aliphatic rings. The van der Waals surface area contributed by atoms with Gasteiger partial charge in [-0.15, -0.1) is 0 Å². The second-order valence-corrected chi connectivity index (χ2v) is 7.30. The highest BCUT2D eigenvalue weighted by Crippen LogP contribution is 2.35. The van der Waals surface area contributed by atoms with Gasteiger partial charge in [-0.1, -0.05) is 0 Å². The number of amides is 1. The highest BCUT2D eigenvalue weighted by atomic mass is 19.4. The quantitative estimate of drug-likeness (QED) is 0.393. The van der Waals surface area contributed by atoms with Gasteiger partial charge in [0, 0.05) is 31.0 Å². The monoisotopic (exact) mass is 474 g/mol. The summed E-state index contributed by atoms with van der Waals surface area (Å²) in [5.41, 5.74) is -0.947. The fourth-order valence-electron chi connectivity index (χ4n) is 3.45. The number of methoxy groups -OCH3 is 2. The smallest absolute Gasteiger partial charge is 0.433 e. The number of ether oxygens (including phenoxy) is 2. The third-order valence-corrected chi connectivity index (χ3v) is 5.12. The van der Waals surface area contributed by atoms with E-state index in [1.807, 2.05) is 4.57 Å². The molecule has 1 aromatic carbocycles. The summed E-state index contributed by atoms with van der Waals surface area (Å²) in [4.78, 5) is 21.0. The Morgan fingerprint density at radius 2 is 1.94 bits per heavy atom. The van der Waals surface area contributed by atoms with E-state index in [-0.39, 0.29) is 16.9 Å². The second kappa shape index (κ2) is 9.41. The lowest BCUT2D eigenvalue weighted by Crippen LogP contribution is -2.25. The predicted molar refractivity (Wildman–Crippen MR) is 116 cm³/mol. The number of alkyl halides is 3. The number of imidazole rings is 1. The summed E-state index contributed by atoms with van der Waals surface area (Å²) in [6.45, 7) is 0.949. The van der Waals surface area contributed by atoms with Crippen LogP contribution >= 0.6 is 0 Å². The van der Waals surface area contributed by atoms with Crippen LogP contribution in [-0.2, 0) is 12.7 Å². The second-order valence-electron chi connectivity index (χ2n) is 7.30. The van der Waals surface area contributed by atoms with Gasteiger partial charge in [-0.25, -0.2) is 14.5 Å². The first-order chi connectivity index (χ1) is 16.3. The molecule has 0 spiro atoms. The summed E-state index contributed by atoms with van der Waals surface area (Å²) in [6.07, 6.45) is 2.08. The third kappa shape index (κ3) is 4.65. The first-order valence-electron chi connectivity index (χ1n) is 10.2. The summed E-state index contributed by atoms with van der Waals surface area (Å²) < 4.78 is 54.4. The normalized spacial score (nSPS) is 11.6. The molecule has 4 rings (SSSR count). The van der Waals surface area contributed by atoms with Crippen molar-refractivity contribution in [2.24, 2.45) is 0 Å². The standard InChI is InChI=1S/C22H21F3N6O3/c1-33-17-5-4-14(10-18(17)34-2)16-11-19(22(23,24)25)31-20(29-16)15(12-28-31)21(32)27-6-3-8-30-9-7-26-13-30/h4-5,7,9-13H,3,6,8H2,1-2H3,(H,27,32). The van der Waals surface area contributed by atoms with E-state index in [0.29, 0.717) is 41.1 Å². The lowest BCUT2D eigenvalue weighted by atomic mass is 10.1. The lowest BCUT2D eigenvalue weighted by molar-refractivity contribution is -0.142. The van der Waals surface area contributed by atoms with Gasteiger partial charge in [0.2, 0.25) is 0 Å². The number of hydrogen-bond acceptors (Lipinski definition) is 6. The van der Waals surface area contributed by atoms with Gasteiger partial charge in [-0.3, -0.25) is 4.79 Å². The van der Waals surface area contributed by atoms with Crippen LogP contribution in [0.1, 0.15) is 22.5 Å². The number of carbonyl (C=O) groups excluding carboxylic acids is 1. The Hall–Kier alpha value is -4.09. The van der Waals surface area contributed by atoms with Crippen LogP contribution in [0.5, 0.6) is 11.5 Å².